The average Bonchev–Trinajstić information content (AvgIpc) is 2.63. The van der Waals surface area contributed by atoms with Crippen LogP contribution in [0.25, 0.3) is 0 Å². The number of aryl methyl sites for hydroxylation is 1. The Morgan fingerprint density at radius 3 is 2.35 bits per heavy atom. The number of aromatic nitrogens is 3. The lowest BCUT2D eigenvalue weighted by Gasteiger charge is -2.10. The zero-order valence-corrected chi connectivity index (χ0v) is 10.7. The number of furan rings is 1. The van der Waals surface area contributed by atoms with Gasteiger partial charge in [-0.05, 0) is 49.2 Å². The Labute approximate surface area is 108 Å². The number of nitrogens with zero attached hydrogens (tertiary/aromatic N) is 3. The second kappa shape index (κ2) is 4.89. The van der Waals surface area contributed by atoms with E-state index in [4.69, 9.17) is 27.6 Å². The quantitative estimate of drug-likeness (QED) is 0.929. The molecule has 7 heteroatoms. The Hall–Kier alpha value is -1.33. The molecule has 2 aromatic rings. The van der Waals surface area contributed by atoms with E-state index in [1.165, 1.54) is 0 Å². The number of rotatable bonds is 3. The third kappa shape index (κ3) is 3.08. The Bertz CT molecular complexity index is 509. The van der Waals surface area contributed by atoms with Crippen LogP contribution in [0.5, 0.6) is 0 Å². The van der Waals surface area contributed by atoms with E-state index in [-0.39, 0.29) is 16.6 Å². The molecule has 0 saturated carbocycles. The molecular weight excluding hydrogens is 263 g/mol. The van der Waals surface area contributed by atoms with Crippen molar-refractivity contribution in [1.82, 2.24) is 15.0 Å². The topological polar surface area (TPSA) is 63.8 Å². The van der Waals surface area contributed by atoms with Crippen molar-refractivity contribution in [2.24, 2.45) is 0 Å². The molecule has 2 heterocycles. The first-order valence-corrected chi connectivity index (χ1v) is 5.70. The van der Waals surface area contributed by atoms with E-state index < -0.39 is 0 Å². The summed E-state index contributed by atoms with van der Waals surface area (Å²) in [7, 11) is 0. The number of hydrogen-bond acceptors (Lipinski definition) is 5. The average molecular weight is 273 g/mol. The molecule has 90 valence electrons. The molecule has 1 unspecified atom stereocenters. The van der Waals surface area contributed by atoms with Gasteiger partial charge >= 0.3 is 0 Å². The first-order chi connectivity index (χ1) is 8.04. The molecule has 0 amide bonds. The Morgan fingerprint density at radius 1 is 1.18 bits per heavy atom. The van der Waals surface area contributed by atoms with Gasteiger partial charge in [-0.3, -0.25) is 0 Å². The van der Waals surface area contributed by atoms with Crippen LogP contribution in [0.4, 0.5) is 5.95 Å². The molecule has 0 fully saturated rings. The normalized spacial score (nSPS) is 12.5. The first kappa shape index (κ1) is 12.1. The maximum atomic E-state index is 5.67. The Morgan fingerprint density at radius 2 is 1.82 bits per heavy atom. The second-order valence-electron chi connectivity index (χ2n) is 3.51. The van der Waals surface area contributed by atoms with Crippen molar-refractivity contribution in [1.29, 1.82) is 0 Å². The van der Waals surface area contributed by atoms with Crippen LogP contribution >= 0.6 is 23.2 Å². The molecule has 0 spiro atoms. The molecule has 5 nitrogen and oxygen atoms in total. The lowest BCUT2D eigenvalue weighted by atomic mass is 10.2. The van der Waals surface area contributed by atoms with E-state index in [9.17, 15) is 0 Å². The molecule has 1 N–H and O–H groups in total. The maximum Gasteiger partial charge on any atom is 0.228 e. The van der Waals surface area contributed by atoms with Gasteiger partial charge in [-0.15, -0.1) is 0 Å². The fraction of sp³-hybridized carbons (Fsp3) is 0.300. The highest BCUT2D eigenvalue weighted by atomic mass is 35.5. The highest BCUT2D eigenvalue weighted by Crippen LogP contribution is 2.20. The summed E-state index contributed by atoms with van der Waals surface area (Å²) in [6.07, 6.45) is 0. The fourth-order valence-corrected chi connectivity index (χ4v) is 1.70. The third-order valence-electron chi connectivity index (χ3n) is 2.11. The Kier molecular flexibility index (Phi) is 3.49. The fourth-order valence-electron chi connectivity index (χ4n) is 1.34. The van der Waals surface area contributed by atoms with Gasteiger partial charge in [-0.2, -0.15) is 15.0 Å². The summed E-state index contributed by atoms with van der Waals surface area (Å²) < 4.78 is 5.48. The first-order valence-electron chi connectivity index (χ1n) is 4.94. The molecule has 17 heavy (non-hydrogen) atoms. The largest absolute Gasteiger partial charge is 0.464 e. The van der Waals surface area contributed by atoms with Crippen molar-refractivity contribution in [3.63, 3.8) is 0 Å². The van der Waals surface area contributed by atoms with Crippen molar-refractivity contribution in [3.05, 3.63) is 34.2 Å². The van der Waals surface area contributed by atoms with Gasteiger partial charge in [0.2, 0.25) is 16.5 Å². The molecule has 0 aromatic carbocycles. The van der Waals surface area contributed by atoms with E-state index in [1.54, 1.807) is 0 Å². The molecule has 1 atom stereocenters. The smallest absolute Gasteiger partial charge is 0.228 e. The minimum atomic E-state index is -0.0850. The van der Waals surface area contributed by atoms with Crippen LogP contribution in [0, 0.1) is 6.92 Å². The highest BCUT2D eigenvalue weighted by molar-refractivity contribution is 6.31. The third-order valence-corrected chi connectivity index (χ3v) is 2.45. The van der Waals surface area contributed by atoms with Gasteiger partial charge in [0.15, 0.2) is 0 Å². The number of hydrogen-bond donors (Lipinski definition) is 1. The van der Waals surface area contributed by atoms with Crippen molar-refractivity contribution in [3.8, 4) is 0 Å². The van der Waals surface area contributed by atoms with Crippen molar-refractivity contribution >= 4 is 29.2 Å². The molecule has 2 rings (SSSR count). The molecule has 2 aromatic heterocycles. The minimum absolute atomic E-state index is 0.0512. The summed E-state index contributed by atoms with van der Waals surface area (Å²) in [5, 5.41) is 3.13. The molecular formula is C10H10Cl2N4O. The molecule has 0 aliphatic carbocycles. The summed E-state index contributed by atoms with van der Waals surface area (Å²) in [4.78, 5) is 11.5. The van der Waals surface area contributed by atoms with Crippen molar-refractivity contribution in [2.45, 2.75) is 19.9 Å². The van der Waals surface area contributed by atoms with Gasteiger partial charge in [-0.1, -0.05) is 0 Å². The molecule has 0 aliphatic heterocycles. The van der Waals surface area contributed by atoms with E-state index in [2.05, 4.69) is 20.3 Å². The van der Waals surface area contributed by atoms with Crippen LogP contribution in [0.3, 0.4) is 0 Å². The summed E-state index contributed by atoms with van der Waals surface area (Å²) in [6.45, 7) is 3.80. The van der Waals surface area contributed by atoms with Gasteiger partial charge in [0.1, 0.15) is 11.5 Å². The van der Waals surface area contributed by atoms with E-state index in [1.807, 2.05) is 26.0 Å². The van der Waals surface area contributed by atoms with Crippen LogP contribution in [-0.2, 0) is 0 Å². The SMILES string of the molecule is Cc1ccc(C(C)Nc2nc(Cl)nc(Cl)n2)o1. The summed E-state index contributed by atoms with van der Waals surface area (Å²) in [5.41, 5.74) is 0. The standard InChI is InChI=1S/C10H10Cl2N4O/c1-5-3-4-7(17-5)6(2)13-10-15-8(11)14-9(12)16-10/h3-4,6H,1-2H3,(H,13,14,15,16). The van der Waals surface area contributed by atoms with Crippen molar-refractivity contribution in [2.75, 3.05) is 5.32 Å². The van der Waals surface area contributed by atoms with E-state index in [0.717, 1.165) is 11.5 Å². The number of halogens is 2. The minimum Gasteiger partial charge on any atom is -0.464 e. The van der Waals surface area contributed by atoms with Gasteiger partial charge in [-0.25, -0.2) is 0 Å². The van der Waals surface area contributed by atoms with Gasteiger partial charge in [0, 0.05) is 0 Å². The zero-order chi connectivity index (χ0) is 12.4. The Balaban J connectivity index is 2.15. The van der Waals surface area contributed by atoms with Gasteiger partial charge in [0.05, 0.1) is 6.04 Å². The van der Waals surface area contributed by atoms with Crippen LogP contribution in [0.2, 0.25) is 10.6 Å². The van der Waals surface area contributed by atoms with Crippen LogP contribution in [0.1, 0.15) is 24.5 Å². The van der Waals surface area contributed by atoms with E-state index >= 15 is 0 Å². The predicted octanol–water partition coefficient (Wildman–Crippen LogP) is 3.25. The lowest BCUT2D eigenvalue weighted by molar-refractivity contribution is 0.466. The van der Waals surface area contributed by atoms with Gasteiger partial charge in [0.25, 0.3) is 0 Å². The molecule has 0 radical (unpaired) electrons. The maximum absolute atomic E-state index is 5.67. The highest BCUT2D eigenvalue weighted by Gasteiger charge is 2.12. The molecule has 0 aliphatic rings. The molecule has 0 saturated heterocycles. The zero-order valence-electron chi connectivity index (χ0n) is 9.24. The number of nitrogens with one attached hydrogen (secondary N) is 1. The van der Waals surface area contributed by atoms with Crippen LogP contribution in [-0.4, -0.2) is 15.0 Å². The molecule has 0 bridgehead atoms. The second-order valence-corrected chi connectivity index (χ2v) is 4.19. The summed E-state index contributed by atoms with van der Waals surface area (Å²) in [6, 6.07) is 3.69. The number of anilines is 1. The summed E-state index contributed by atoms with van der Waals surface area (Å²) in [5.74, 6) is 1.95. The monoisotopic (exact) mass is 272 g/mol. The van der Waals surface area contributed by atoms with E-state index in [0.29, 0.717) is 5.95 Å². The van der Waals surface area contributed by atoms with Gasteiger partial charge < -0.3 is 9.73 Å². The van der Waals surface area contributed by atoms with Crippen molar-refractivity contribution < 1.29 is 4.42 Å². The predicted molar refractivity (Wildman–Crippen MR) is 65.3 cm³/mol. The lowest BCUT2D eigenvalue weighted by Crippen LogP contribution is -2.09. The van der Waals surface area contributed by atoms with Crippen LogP contribution in [0.15, 0.2) is 16.5 Å². The summed E-state index contributed by atoms with van der Waals surface area (Å²) >= 11 is 11.3. The van der Waals surface area contributed by atoms with Crippen LogP contribution < -0.4 is 5.32 Å².